The molecule has 0 unspecified atom stereocenters. The van der Waals surface area contributed by atoms with E-state index in [1.165, 1.54) is 52.4 Å². The number of Topliss-reactive ketones (excluding diaryl/α,β-unsaturated/α-hetero) is 1. The minimum absolute atomic E-state index is 0.0362. The van der Waals surface area contributed by atoms with E-state index in [-0.39, 0.29) is 26.6 Å². The number of anilines is 1. The number of ketones is 1. The molecule has 0 fully saturated rings. The predicted octanol–water partition coefficient (Wildman–Crippen LogP) is 9.63. The third kappa shape index (κ3) is 9.70. The maximum atomic E-state index is 13.2. The zero-order chi connectivity index (χ0) is 32.8. The quantitative estimate of drug-likeness (QED) is 0.0813. The Kier molecular flexibility index (Phi) is 12.8. The Bertz CT molecular complexity index is 1700. The van der Waals surface area contributed by atoms with Crippen molar-refractivity contribution in [3.05, 3.63) is 68.2 Å². The number of imidazole rings is 1. The molecule has 0 saturated carbocycles. The first-order valence-corrected chi connectivity index (χ1v) is 17.4. The number of rotatable bonds is 5. The average molecular weight is 799 g/mol. The Labute approximate surface area is 280 Å². The lowest BCUT2D eigenvalue weighted by Crippen LogP contribution is -2.13. The molecule has 5 aromatic rings. The van der Waals surface area contributed by atoms with Crippen LogP contribution in [0.5, 0.6) is 0 Å². The number of fused-ring (bicyclic) bond motifs is 1. The monoisotopic (exact) mass is 796 g/mol. The Balaban J connectivity index is 0.000000202. The minimum atomic E-state index is -4.50. The van der Waals surface area contributed by atoms with Gasteiger partial charge in [-0.15, -0.1) is 38.8 Å². The summed E-state index contributed by atoms with van der Waals surface area (Å²) in [6.07, 6.45) is -4.09. The Morgan fingerprint density at radius 3 is 1.98 bits per heavy atom. The zero-order valence-corrected chi connectivity index (χ0v) is 28.4. The summed E-state index contributed by atoms with van der Waals surface area (Å²) in [5.41, 5.74) is 3.54. The van der Waals surface area contributed by atoms with Crippen LogP contribution in [0.4, 0.5) is 31.5 Å². The van der Waals surface area contributed by atoms with Crippen molar-refractivity contribution in [2.75, 3.05) is 23.6 Å². The summed E-state index contributed by atoms with van der Waals surface area (Å²) in [4.78, 5) is 17.0. The standard InChI is InChI=1S/C12H7ClF3N3S2.C10H8BrF3OS.C2H2ClN3S/c1-20-6-2-3-7(8(4-6)12(14,15)16)9-5-19-11(17-9)21-10(13)18-19;1-16-6-2-3-7(9(15)5-11)8(4-6)10(12,13)14;3-1-5-6-2(4)7-1/h2-5H,1H3;2-4H,5H2,1H3;(H2,4,6). The van der Waals surface area contributed by atoms with Gasteiger partial charge in [-0.05, 0) is 66.0 Å². The van der Waals surface area contributed by atoms with Gasteiger partial charge in [0.25, 0.3) is 0 Å². The molecule has 0 aliphatic carbocycles. The first kappa shape index (κ1) is 36.4. The highest BCUT2D eigenvalue weighted by atomic mass is 79.9. The van der Waals surface area contributed by atoms with Crippen LogP contribution in [0, 0.1) is 0 Å². The van der Waals surface area contributed by atoms with Crippen molar-refractivity contribution in [3.8, 4) is 11.3 Å². The lowest BCUT2D eigenvalue weighted by atomic mass is 10.0. The second-order valence-corrected chi connectivity index (χ2v) is 13.4. The second kappa shape index (κ2) is 15.5. The molecule has 236 valence electrons. The van der Waals surface area contributed by atoms with Gasteiger partial charge in [0, 0.05) is 20.9 Å². The maximum absolute atomic E-state index is 13.2. The summed E-state index contributed by atoms with van der Waals surface area (Å²) < 4.78 is 79.8. The molecular formula is C24H17BrCl2F6N6OS4. The first-order valence-electron chi connectivity index (χ1n) is 11.4. The number of nitrogens with two attached hydrogens (primary N) is 1. The lowest BCUT2D eigenvalue weighted by Gasteiger charge is -2.12. The number of aromatic nitrogens is 5. The van der Waals surface area contributed by atoms with Gasteiger partial charge in [0.15, 0.2) is 5.78 Å². The number of hydrogen-bond donors (Lipinski definition) is 1. The summed E-state index contributed by atoms with van der Waals surface area (Å²) in [6, 6.07) is 7.94. The van der Waals surface area contributed by atoms with E-state index in [0.29, 0.717) is 24.4 Å². The number of halogens is 9. The fourth-order valence-corrected chi connectivity index (χ4v) is 6.02. The van der Waals surface area contributed by atoms with Gasteiger partial charge < -0.3 is 5.73 Å². The number of benzene rings is 2. The van der Waals surface area contributed by atoms with Gasteiger partial charge >= 0.3 is 12.4 Å². The Morgan fingerprint density at radius 1 is 0.932 bits per heavy atom. The molecule has 44 heavy (non-hydrogen) atoms. The van der Waals surface area contributed by atoms with Crippen molar-refractivity contribution in [1.82, 2.24) is 24.8 Å². The Hall–Kier alpha value is -2.09. The molecule has 2 aromatic carbocycles. The molecule has 0 saturated heterocycles. The molecule has 20 heteroatoms. The highest BCUT2D eigenvalue weighted by molar-refractivity contribution is 9.09. The van der Waals surface area contributed by atoms with Gasteiger partial charge in [0.05, 0.1) is 28.3 Å². The van der Waals surface area contributed by atoms with Gasteiger partial charge in [0.2, 0.25) is 19.0 Å². The molecule has 0 radical (unpaired) electrons. The van der Waals surface area contributed by atoms with Crippen molar-refractivity contribution in [1.29, 1.82) is 0 Å². The molecule has 3 aromatic heterocycles. The average Bonchev–Trinajstić information content (AvgIpc) is 3.65. The van der Waals surface area contributed by atoms with E-state index >= 15 is 0 Å². The molecule has 0 aliphatic rings. The van der Waals surface area contributed by atoms with Crippen LogP contribution in [0.2, 0.25) is 8.93 Å². The van der Waals surface area contributed by atoms with Gasteiger partial charge in [-0.3, -0.25) is 4.79 Å². The third-order valence-corrected chi connectivity index (χ3v) is 9.02. The summed E-state index contributed by atoms with van der Waals surface area (Å²) in [5, 5.41) is 11.1. The molecule has 0 spiro atoms. The van der Waals surface area contributed by atoms with Crippen LogP contribution in [0.3, 0.4) is 0 Å². The van der Waals surface area contributed by atoms with E-state index in [4.69, 9.17) is 28.9 Å². The van der Waals surface area contributed by atoms with Crippen LogP contribution in [0.1, 0.15) is 21.5 Å². The van der Waals surface area contributed by atoms with Crippen LogP contribution in [-0.4, -0.2) is 48.4 Å². The number of alkyl halides is 7. The van der Waals surface area contributed by atoms with E-state index in [2.05, 4.69) is 36.2 Å². The van der Waals surface area contributed by atoms with Gasteiger partial charge in [-0.25, -0.2) is 9.50 Å². The van der Waals surface area contributed by atoms with E-state index in [9.17, 15) is 31.1 Å². The molecular weight excluding hydrogens is 781 g/mol. The van der Waals surface area contributed by atoms with Gasteiger partial charge in [-0.2, -0.15) is 26.3 Å². The molecule has 3 heterocycles. The van der Waals surface area contributed by atoms with E-state index in [0.717, 1.165) is 34.8 Å². The van der Waals surface area contributed by atoms with E-state index in [1.807, 2.05) is 0 Å². The van der Waals surface area contributed by atoms with Crippen molar-refractivity contribution >= 4 is 101 Å². The van der Waals surface area contributed by atoms with Crippen molar-refractivity contribution in [3.63, 3.8) is 0 Å². The number of thioether (sulfide) groups is 2. The van der Waals surface area contributed by atoms with Crippen LogP contribution < -0.4 is 5.73 Å². The van der Waals surface area contributed by atoms with Crippen LogP contribution in [0.15, 0.2) is 52.4 Å². The van der Waals surface area contributed by atoms with E-state index in [1.54, 1.807) is 18.6 Å². The Morgan fingerprint density at radius 2 is 1.52 bits per heavy atom. The first-order chi connectivity index (χ1) is 20.6. The normalized spacial score (nSPS) is 11.5. The molecule has 5 rings (SSSR count). The molecule has 2 N–H and O–H groups in total. The summed E-state index contributed by atoms with van der Waals surface area (Å²) in [6.45, 7) is 0. The molecule has 0 atom stereocenters. The number of carbonyl (C=O) groups is 1. The van der Waals surface area contributed by atoms with Crippen molar-refractivity contribution in [2.45, 2.75) is 22.1 Å². The summed E-state index contributed by atoms with van der Waals surface area (Å²) in [5.74, 6) is -0.569. The highest BCUT2D eigenvalue weighted by Gasteiger charge is 2.36. The molecule has 0 amide bonds. The third-order valence-electron chi connectivity index (χ3n) is 5.20. The van der Waals surface area contributed by atoms with Crippen molar-refractivity contribution in [2.24, 2.45) is 0 Å². The van der Waals surface area contributed by atoms with Crippen LogP contribution >= 0.6 is 85.3 Å². The fourth-order valence-electron chi connectivity index (χ4n) is 3.33. The number of carbonyl (C=O) groups excluding carboxylic acids is 1. The molecule has 0 aliphatic heterocycles. The number of hydrogen-bond acceptors (Lipinski definition) is 10. The van der Waals surface area contributed by atoms with E-state index < -0.39 is 29.3 Å². The summed E-state index contributed by atoms with van der Waals surface area (Å²) in [7, 11) is 0. The van der Waals surface area contributed by atoms with Crippen LogP contribution in [0.25, 0.3) is 16.2 Å². The smallest absolute Gasteiger partial charge is 0.374 e. The zero-order valence-electron chi connectivity index (χ0n) is 22.0. The molecule has 7 nitrogen and oxygen atoms in total. The fraction of sp³-hybridized carbons (Fsp3) is 0.208. The lowest BCUT2D eigenvalue weighted by molar-refractivity contribution is -0.138. The largest absolute Gasteiger partial charge is 0.417 e. The van der Waals surface area contributed by atoms with Crippen LogP contribution in [-0.2, 0) is 12.4 Å². The SMILES string of the molecule is CSc1ccc(-c2cn3nc(Cl)sc3n2)c(C(F)(F)F)c1.CSc1ccc(C(=O)CBr)c(C(F)(F)F)c1.Nc1nnc(Cl)s1. The maximum Gasteiger partial charge on any atom is 0.417 e. The number of nitrogen functional groups attached to an aromatic ring is 1. The highest BCUT2D eigenvalue weighted by Crippen LogP contribution is 2.39. The van der Waals surface area contributed by atoms with Gasteiger partial charge in [0.1, 0.15) is 0 Å². The summed E-state index contributed by atoms with van der Waals surface area (Å²) >= 11 is 18.7. The predicted molar refractivity (Wildman–Crippen MR) is 169 cm³/mol. The van der Waals surface area contributed by atoms with Gasteiger partial charge in [-0.1, -0.05) is 44.7 Å². The second-order valence-electron chi connectivity index (χ2n) is 7.98. The number of nitrogens with zero attached hydrogens (tertiary/aromatic N) is 5. The molecule has 0 bridgehead atoms. The topological polar surface area (TPSA) is 99.1 Å². The minimum Gasteiger partial charge on any atom is -0.374 e. The van der Waals surface area contributed by atoms with Crippen molar-refractivity contribution < 1.29 is 31.1 Å².